The Bertz CT molecular complexity index is 993. The minimum Gasteiger partial charge on any atom is -0.451 e. The van der Waals surface area contributed by atoms with Gasteiger partial charge in [0.2, 0.25) is 0 Å². The second kappa shape index (κ2) is 7.09. The molecular formula is C19H15FN2O3. The Morgan fingerprint density at radius 3 is 2.68 bits per heavy atom. The maximum absolute atomic E-state index is 12.8. The van der Waals surface area contributed by atoms with Crippen molar-refractivity contribution in [2.75, 3.05) is 0 Å². The van der Waals surface area contributed by atoms with Crippen LogP contribution >= 0.6 is 0 Å². The first kappa shape index (κ1) is 16.6. The number of carbonyl (C=O) groups excluding carboxylic acids is 1. The Morgan fingerprint density at radius 1 is 1.20 bits per heavy atom. The van der Waals surface area contributed by atoms with Crippen LogP contribution in [-0.2, 0) is 9.53 Å². The Hall–Kier alpha value is -3.28. The monoisotopic (exact) mass is 338 g/mol. The summed E-state index contributed by atoms with van der Waals surface area (Å²) in [5, 5.41) is 0.473. The lowest BCUT2D eigenvalue weighted by atomic mass is 10.2. The van der Waals surface area contributed by atoms with Crippen molar-refractivity contribution in [2.45, 2.75) is 13.0 Å². The number of carbonyl (C=O) groups is 1. The van der Waals surface area contributed by atoms with Gasteiger partial charge in [0.1, 0.15) is 5.82 Å². The van der Waals surface area contributed by atoms with E-state index >= 15 is 0 Å². The first-order valence-electron chi connectivity index (χ1n) is 7.66. The van der Waals surface area contributed by atoms with E-state index in [0.29, 0.717) is 16.5 Å². The number of H-pyrrole nitrogens is 1. The van der Waals surface area contributed by atoms with Crippen molar-refractivity contribution in [2.24, 2.45) is 0 Å². The number of aromatic amines is 1. The third-order valence-corrected chi connectivity index (χ3v) is 3.59. The van der Waals surface area contributed by atoms with Crippen LogP contribution in [0.2, 0.25) is 0 Å². The molecule has 0 radical (unpaired) electrons. The van der Waals surface area contributed by atoms with Crippen LogP contribution in [0.15, 0.2) is 59.4 Å². The minimum atomic E-state index is -0.720. The Balaban J connectivity index is 1.73. The SMILES string of the molecule is C[C@@H](OC(=O)/C=C/c1ccc(F)cc1)c1nc2ccccc2c(=O)[nH]1. The molecule has 25 heavy (non-hydrogen) atoms. The van der Waals surface area contributed by atoms with E-state index in [1.54, 1.807) is 43.3 Å². The number of fused-ring (bicyclic) bond motifs is 1. The number of ether oxygens (including phenoxy) is 1. The molecule has 1 aromatic heterocycles. The van der Waals surface area contributed by atoms with Crippen LogP contribution in [0, 0.1) is 5.82 Å². The summed E-state index contributed by atoms with van der Waals surface area (Å²) in [6.07, 6.45) is 2.04. The van der Waals surface area contributed by atoms with E-state index < -0.39 is 12.1 Å². The van der Waals surface area contributed by atoms with Gasteiger partial charge in [-0.2, -0.15) is 0 Å². The van der Waals surface area contributed by atoms with Crippen molar-refractivity contribution >= 4 is 22.9 Å². The number of nitrogens with zero attached hydrogens (tertiary/aromatic N) is 1. The highest BCUT2D eigenvalue weighted by Gasteiger charge is 2.14. The van der Waals surface area contributed by atoms with Crippen molar-refractivity contribution in [3.05, 3.63) is 82.2 Å². The lowest BCUT2D eigenvalue weighted by molar-refractivity contribution is -0.142. The molecule has 0 aliphatic rings. The van der Waals surface area contributed by atoms with Gasteiger partial charge in [0.25, 0.3) is 5.56 Å². The topological polar surface area (TPSA) is 72.0 Å². The highest BCUT2D eigenvalue weighted by atomic mass is 19.1. The largest absolute Gasteiger partial charge is 0.451 e. The first-order chi connectivity index (χ1) is 12.0. The molecule has 126 valence electrons. The predicted octanol–water partition coefficient (Wildman–Crippen LogP) is 3.38. The van der Waals surface area contributed by atoms with Crippen LogP contribution < -0.4 is 5.56 Å². The summed E-state index contributed by atoms with van der Waals surface area (Å²) in [7, 11) is 0. The van der Waals surface area contributed by atoms with E-state index in [2.05, 4.69) is 9.97 Å². The maximum Gasteiger partial charge on any atom is 0.331 e. The van der Waals surface area contributed by atoms with Crippen molar-refractivity contribution in [1.29, 1.82) is 0 Å². The van der Waals surface area contributed by atoms with Crippen LogP contribution in [0.5, 0.6) is 0 Å². The van der Waals surface area contributed by atoms with Crippen molar-refractivity contribution < 1.29 is 13.9 Å². The average Bonchev–Trinajstić information content (AvgIpc) is 2.61. The number of hydrogen-bond donors (Lipinski definition) is 1. The van der Waals surface area contributed by atoms with Gasteiger partial charge in [-0.3, -0.25) is 4.79 Å². The molecule has 1 heterocycles. The number of rotatable bonds is 4. The number of para-hydroxylation sites is 1. The zero-order valence-electron chi connectivity index (χ0n) is 13.4. The smallest absolute Gasteiger partial charge is 0.331 e. The molecule has 0 saturated heterocycles. The normalized spacial score (nSPS) is 12.4. The van der Waals surface area contributed by atoms with Crippen LogP contribution in [0.25, 0.3) is 17.0 Å². The molecule has 0 aliphatic heterocycles. The van der Waals surface area contributed by atoms with Crippen molar-refractivity contribution in [3.8, 4) is 0 Å². The fraction of sp³-hybridized carbons (Fsp3) is 0.105. The Morgan fingerprint density at radius 2 is 1.92 bits per heavy atom. The van der Waals surface area contributed by atoms with Crippen molar-refractivity contribution in [3.63, 3.8) is 0 Å². The number of halogens is 1. The molecule has 0 amide bonds. The van der Waals surface area contributed by atoms with Crippen LogP contribution in [0.3, 0.4) is 0 Å². The number of esters is 1. The second-order valence-electron chi connectivity index (χ2n) is 5.43. The van der Waals surface area contributed by atoms with Gasteiger partial charge in [-0.05, 0) is 42.8 Å². The minimum absolute atomic E-state index is 0.271. The molecule has 0 saturated carbocycles. The summed E-state index contributed by atoms with van der Waals surface area (Å²) >= 11 is 0. The maximum atomic E-state index is 12.8. The number of benzene rings is 2. The van der Waals surface area contributed by atoms with Gasteiger partial charge in [0.05, 0.1) is 10.9 Å². The molecule has 0 unspecified atom stereocenters. The third-order valence-electron chi connectivity index (χ3n) is 3.59. The van der Waals surface area contributed by atoms with Gasteiger partial charge in [0, 0.05) is 6.08 Å². The van der Waals surface area contributed by atoms with Gasteiger partial charge in [-0.1, -0.05) is 24.3 Å². The summed E-state index contributed by atoms with van der Waals surface area (Å²) in [5.41, 5.74) is 0.916. The zero-order valence-corrected chi connectivity index (χ0v) is 13.4. The van der Waals surface area contributed by atoms with E-state index in [4.69, 9.17) is 4.74 Å². The van der Waals surface area contributed by atoms with Gasteiger partial charge < -0.3 is 9.72 Å². The van der Waals surface area contributed by atoms with E-state index in [9.17, 15) is 14.0 Å². The molecule has 2 aromatic carbocycles. The molecule has 1 N–H and O–H groups in total. The fourth-order valence-electron chi connectivity index (χ4n) is 2.30. The number of nitrogens with one attached hydrogen (secondary N) is 1. The molecular weight excluding hydrogens is 323 g/mol. The molecule has 5 nitrogen and oxygen atoms in total. The Labute approximate surface area is 142 Å². The molecule has 0 fully saturated rings. The summed E-state index contributed by atoms with van der Waals surface area (Å²) < 4.78 is 18.1. The first-order valence-corrected chi connectivity index (χ1v) is 7.66. The van der Waals surface area contributed by atoms with Gasteiger partial charge in [-0.15, -0.1) is 0 Å². The summed E-state index contributed by atoms with van der Waals surface area (Å²) in [4.78, 5) is 30.9. The fourth-order valence-corrected chi connectivity index (χ4v) is 2.30. The highest BCUT2D eigenvalue weighted by molar-refractivity contribution is 5.87. The molecule has 1 atom stereocenters. The summed E-state index contributed by atoms with van der Waals surface area (Å²) in [6.45, 7) is 1.62. The zero-order chi connectivity index (χ0) is 17.8. The number of hydrogen-bond acceptors (Lipinski definition) is 4. The van der Waals surface area contributed by atoms with Gasteiger partial charge in [0.15, 0.2) is 11.9 Å². The average molecular weight is 338 g/mol. The van der Waals surface area contributed by atoms with E-state index in [1.165, 1.54) is 24.3 Å². The predicted molar refractivity (Wildman–Crippen MR) is 92.3 cm³/mol. The van der Waals surface area contributed by atoms with Crippen LogP contribution in [0.4, 0.5) is 4.39 Å². The lowest BCUT2D eigenvalue weighted by Gasteiger charge is -2.11. The number of aromatic nitrogens is 2. The quantitative estimate of drug-likeness (QED) is 0.585. The van der Waals surface area contributed by atoms with Gasteiger partial charge in [-0.25, -0.2) is 14.2 Å². The van der Waals surface area contributed by atoms with Crippen molar-refractivity contribution in [1.82, 2.24) is 9.97 Å². The highest BCUT2D eigenvalue weighted by Crippen LogP contribution is 2.15. The molecule has 0 bridgehead atoms. The van der Waals surface area contributed by atoms with E-state index in [1.807, 2.05) is 0 Å². The molecule has 3 rings (SSSR count). The second-order valence-corrected chi connectivity index (χ2v) is 5.43. The van der Waals surface area contributed by atoms with E-state index in [-0.39, 0.29) is 17.2 Å². The van der Waals surface area contributed by atoms with E-state index in [0.717, 1.165) is 0 Å². The Kier molecular flexibility index (Phi) is 4.70. The van der Waals surface area contributed by atoms with Crippen LogP contribution in [-0.4, -0.2) is 15.9 Å². The summed E-state index contributed by atoms with van der Waals surface area (Å²) in [6, 6.07) is 12.6. The molecule has 6 heteroatoms. The molecule has 0 aliphatic carbocycles. The molecule has 0 spiro atoms. The third kappa shape index (κ3) is 3.98. The summed E-state index contributed by atoms with van der Waals surface area (Å²) in [5.74, 6) is -0.667. The van der Waals surface area contributed by atoms with Crippen LogP contribution in [0.1, 0.15) is 24.4 Å². The lowest BCUT2D eigenvalue weighted by Crippen LogP contribution is -2.16. The molecule has 3 aromatic rings. The standard InChI is InChI=1S/C19H15FN2O3/c1-12(18-21-16-5-3-2-4-15(16)19(24)22-18)25-17(23)11-8-13-6-9-14(20)10-7-13/h2-12H,1H3,(H,21,22,24)/b11-8+/t12-/m1/s1. The van der Waals surface area contributed by atoms with Gasteiger partial charge >= 0.3 is 5.97 Å².